The van der Waals surface area contributed by atoms with Crippen molar-refractivity contribution in [3.05, 3.63) is 36.0 Å². The fraction of sp³-hybridized carbons (Fsp3) is 0.471. The monoisotopic (exact) mass is 338 g/mol. The highest BCUT2D eigenvalue weighted by molar-refractivity contribution is 5.80. The lowest BCUT2D eigenvalue weighted by Gasteiger charge is -2.22. The molecule has 1 aliphatic heterocycles. The van der Waals surface area contributed by atoms with Crippen molar-refractivity contribution in [2.24, 2.45) is 0 Å². The minimum Gasteiger partial charge on any atom is -0.339 e. The second kappa shape index (κ2) is 5.65. The Morgan fingerprint density at radius 3 is 3.00 bits per heavy atom. The molecular formula is C17H18N6O2. The average Bonchev–Trinajstić information content (AvgIpc) is 3.04. The van der Waals surface area contributed by atoms with Gasteiger partial charge in [-0.1, -0.05) is 22.5 Å². The van der Waals surface area contributed by atoms with Crippen LogP contribution in [0.15, 0.2) is 28.8 Å². The van der Waals surface area contributed by atoms with Crippen LogP contribution in [0.3, 0.4) is 0 Å². The first-order chi connectivity index (χ1) is 12.3. The molecule has 8 nitrogen and oxygen atoms in total. The van der Waals surface area contributed by atoms with Crippen LogP contribution in [-0.4, -0.2) is 42.5 Å². The lowest BCUT2D eigenvalue weighted by atomic mass is 10.2. The molecular weight excluding hydrogens is 320 g/mol. The van der Waals surface area contributed by atoms with Crippen molar-refractivity contribution in [3.8, 4) is 0 Å². The van der Waals surface area contributed by atoms with Crippen LogP contribution in [0.1, 0.15) is 49.4 Å². The summed E-state index contributed by atoms with van der Waals surface area (Å²) in [6.45, 7) is 0.883. The number of benzene rings is 1. The molecule has 0 spiro atoms. The lowest BCUT2D eigenvalue weighted by Crippen LogP contribution is -2.34. The van der Waals surface area contributed by atoms with Gasteiger partial charge in [-0.15, -0.1) is 5.10 Å². The van der Waals surface area contributed by atoms with Gasteiger partial charge >= 0.3 is 0 Å². The molecule has 2 fully saturated rings. The number of fused-ring (bicyclic) bond motifs is 1. The summed E-state index contributed by atoms with van der Waals surface area (Å²) in [5.74, 6) is 1.79. The van der Waals surface area contributed by atoms with E-state index in [1.807, 2.05) is 29.2 Å². The van der Waals surface area contributed by atoms with Gasteiger partial charge in [0.05, 0.1) is 11.6 Å². The van der Waals surface area contributed by atoms with Gasteiger partial charge in [-0.05, 0) is 37.8 Å². The molecule has 25 heavy (non-hydrogen) atoms. The molecule has 1 aromatic carbocycles. The Bertz CT molecular complexity index is 928. The number of hydrogen-bond acceptors (Lipinski definition) is 6. The van der Waals surface area contributed by atoms with Crippen molar-refractivity contribution >= 4 is 16.9 Å². The van der Waals surface area contributed by atoms with Gasteiger partial charge in [0.15, 0.2) is 5.82 Å². The summed E-state index contributed by atoms with van der Waals surface area (Å²) in [6.07, 6.45) is 4.05. The summed E-state index contributed by atoms with van der Waals surface area (Å²) in [4.78, 5) is 19.2. The minimum absolute atomic E-state index is 0.0101. The largest absolute Gasteiger partial charge is 0.339 e. The zero-order valence-corrected chi connectivity index (χ0v) is 13.7. The van der Waals surface area contributed by atoms with E-state index in [1.54, 1.807) is 4.68 Å². The molecule has 8 heteroatoms. The van der Waals surface area contributed by atoms with Crippen LogP contribution in [0, 0.1) is 0 Å². The molecule has 0 bridgehead atoms. The van der Waals surface area contributed by atoms with Crippen molar-refractivity contribution in [2.75, 3.05) is 6.54 Å². The van der Waals surface area contributed by atoms with Gasteiger partial charge in [-0.25, -0.2) is 4.68 Å². The van der Waals surface area contributed by atoms with Gasteiger partial charge in [0.2, 0.25) is 11.8 Å². The molecule has 0 N–H and O–H groups in total. The maximum absolute atomic E-state index is 12.8. The standard InChI is InChI=1S/C17H18N6O2/c24-15(10-23-13-5-2-1-4-12(13)19-21-23)22-9-3-6-14(22)16-18-17(25-20-16)11-7-8-11/h1-2,4-5,11,14H,3,6-10H2/t14-/m1/s1. The molecule has 5 rings (SSSR count). The second-order valence-corrected chi connectivity index (χ2v) is 6.75. The van der Waals surface area contributed by atoms with Gasteiger partial charge in [-0.2, -0.15) is 4.98 Å². The summed E-state index contributed by atoms with van der Waals surface area (Å²) in [5.41, 5.74) is 1.66. The fourth-order valence-electron chi connectivity index (χ4n) is 3.47. The van der Waals surface area contributed by atoms with E-state index in [2.05, 4.69) is 20.5 Å². The maximum atomic E-state index is 12.8. The third kappa shape index (κ3) is 2.57. The third-order valence-corrected chi connectivity index (χ3v) is 4.96. The van der Waals surface area contributed by atoms with Gasteiger partial charge in [0, 0.05) is 12.5 Å². The smallest absolute Gasteiger partial charge is 0.245 e. The van der Waals surface area contributed by atoms with E-state index in [-0.39, 0.29) is 18.5 Å². The van der Waals surface area contributed by atoms with E-state index in [0.717, 1.165) is 42.6 Å². The van der Waals surface area contributed by atoms with Crippen LogP contribution in [0.5, 0.6) is 0 Å². The topological polar surface area (TPSA) is 89.9 Å². The number of hydrogen-bond donors (Lipinski definition) is 0. The molecule has 1 saturated carbocycles. The summed E-state index contributed by atoms with van der Waals surface area (Å²) in [6, 6.07) is 7.54. The molecule has 1 atom stereocenters. The quantitative estimate of drug-likeness (QED) is 0.723. The Balaban J connectivity index is 1.36. The first kappa shape index (κ1) is 14.6. The fourth-order valence-corrected chi connectivity index (χ4v) is 3.47. The van der Waals surface area contributed by atoms with Crippen molar-refractivity contribution in [1.82, 2.24) is 30.0 Å². The molecule has 1 saturated heterocycles. The number of amides is 1. The van der Waals surface area contributed by atoms with Crippen molar-refractivity contribution in [2.45, 2.75) is 44.2 Å². The number of para-hydroxylation sites is 1. The molecule has 0 radical (unpaired) electrons. The van der Waals surface area contributed by atoms with Crippen LogP contribution in [-0.2, 0) is 11.3 Å². The van der Waals surface area contributed by atoms with Gasteiger partial charge in [-0.3, -0.25) is 4.79 Å². The molecule has 2 aromatic heterocycles. The highest BCUT2D eigenvalue weighted by Gasteiger charge is 2.36. The molecule has 1 aliphatic carbocycles. The van der Waals surface area contributed by atoms with Gasteiger partial charge in [0.1, 0.15) is 12.1 Å². The van der Waals surface area contributed by atoms with Gasteiger partial charge in [0.25, 0.3) is 0 Å². The normalized spacial score (nSPS) is 20.5. The van der Waals surface area contributed by atoms with E-state index in [4.69, 9.17) is 4.52 Å². The van der Waals surface area contributed by atoms with Crippen molar-refractivity contribution in [3.63, 3.8) is 0 Å². The zero-order valence-electron chi connectivity index (χ0n) is 13.7. The van der Waals surface area contributed by atoms with Crippen molar-refractivity contribution < 1.29 is 9.32 Å². The van der Waals surface area contributed by atoms with Crippen LogP contribution in [0.4, 0.5) is 0 Å². The number of carbonyl (C=O) groups excluding carboxylic acids is 1. The maximum Gasteiger partial charge on any atom is 0.245 e. The average molecular weight is 338 g/mol. The number of likely N-dealkylation sites (tertiary alicyclic amines) is 1. The minimum atomic E-state index is -0.0986. The Morgan fingerprint density at radius 2 is 2.12 bits per heavy atom. The number of nitrogens with zero attached hydrogens (tertiary/aromatic N) is 6. The number of rotatable bonds is 4. The van der Waals surface area contributed by atoms with Crippen LogP contribution < -0.4 is 0 Å². The van der Waals surface area contributed by atoms with Crippen LogP contribution in [0.25, 0.3) is 11.0 Å². The zero-order chi connectivity index (χ0) is 16.8. The summed E-state index contributed by atoms with van der Waals surface area (Å²) < 4.78 is 7.02. The first-order valence-electron chi connectivity index (χ1n) is 8.71. The first-order valence-corrected chi connectivity index (χ1v) is 8.71. The third-order valence-electron chi connectivity index (χ3n) is 4.96. The van der Waals surface area contributed by atoms with E-state index in [0.29, 0.717) is 18.3 Å². The summed E-state index contributed by atoms with van der Waals surface area (Å²) >= 11 is 0. The summed E-state index contributed by atoms with van der Waals surface area (Å²) in [7, 11) is 0. The highest BCUT2D eigenvalue weighted by atomic mass is 16.5. The highest BCUT2D eigenvalue weighted by Crippen LogP contribution is 2.40. The molecule has 2 aliphatic rings. The predicted octanol–water partition coefficient (Wildman–Crippen LogP) is 2.06. The van der Waals surface area contributed by atoms with E-state index >= 15 is 0 Å². The second-order valence-electron chi connectivity index (χ2n) is 6.75. The molecule has 128 valence electrons. The Morgan fingerprint density at radius 1 is 1.24 bits per heavy atom. The van der Waals surface area contributed by atoms with Crippen LogP contribution in [0.2, 0.25) is 0 Å². The van der Waals surface area contributed by atoms with E-state index < -0.39 is 0 Å². The number of aromatic nitrogens is 5. The Kier molecular flexibility index (Phi) is 3.29. The Labute approximate surface area is 143 Å². The summed E-state index contributed by atoms with van der Waals surface area (Å²) in [5, 5.41) is 12.3. The van der Waals surface area contributed by atoms with Gasteiger partial charge < -0.3 is 9.42 Å². The number of carbonyl (C=O) groups is 1. The molecule has 0 unspecified atom stereocenters. The lowest BCUT2D eigenvalue weighted by molar-refractivity contribution is -0.133. The predicted molar refractivity (Wildman–Crippen MR) is 87.5 cm³/mol. The molecule has 3 heterocycles. The SMILES string of the molecule is O=C(Cn1nnc2ccccc21)N1CCC[C@@H]1c1noc(C2CC2)n1. The van der Waals surface area contributed by atoms with Crippen LogP contribution >= 0.6 is 0 Å². The molecule has 3 aromatic rings. The molecule has 1 amide bonds. The van der Waals surface area contributed by atoms with E-state index in [1.165, 1.54) is 0 Å². The van der Waals surface area contributed by atoms with Crippen molar-refractivity contribution in [1.29, 1.82) is 0 Å². The van der Waals surface area contributed by atoms with E-state index in [9.17, 15) is 4.79 Å². The Hall–Kier alpha value is -2.77.